The van der Waals surface area contributed by atoms with Crippen molar-refractivity contribution in [1.82, 2.24) is 10.2 Å². The van der Waals surface area contributed by atoms with Crippen LogP contribution in [0.15, 0.2) is 0 Å². The Morgan fingerprint density at radius 2 is 1.95 bits per heavy atom. The molecule has 112 valence electrons. The van der Waals surface area contributed by atoms with Gasteiger partial charge in [-0.15, -0.1) is 0 Å². The van der Waals surface area contributed by atoms with Crippen molar-refractivity contribution in [2.45, 2.75) is 70.0 Å². The SMILES string of the molecule is CC1(C)C(=O)N[C@@H]2CCCC[C@H]2N1C(=O)CCC(=O)O. The molecule has 2 amide bonds. The predicted octanol–water partition coefficient (Wildman–Crippen LogP) is 0.899. The fraction of sp³-hybridized carbons (Fsp3) is 0.786. The van der Waals surface area contributed by atoms with Crippen LogP contribution in [-0.2, 0) is 14.4 Å². The van der Waals surface area contributed by atoms with Crippen molar-refractivity contribution in [2.24, 2.45) is 0 Å². The summed E-state index contributed by atoms with van der Waals surface area (Å²) in [6.45, 7) is 3.46. The van der Waals surface area contributed by atoms with Crippen LogP contribution in [0.3, 0.4) is 0 Å². The zero-order valence-electron chi connectivity index (χ0n) is 12.0. The monoisotopic (exact) mass is 282 g/mol. The summed E-state index contributed by atoms with van der Waals surface area (Å²) < 4.78 is 0. The van der Waals surface area contributed by atoms with E-state index in [1.807, 2.05) is 0 Å². The van der Waals surface area contributed by atoms with Crippen molar-refractivity contribution >= 4 is 17.8 Å². The van der Waals surface area contributed by atoms with Crippen LogP contribution in [0.2, 0.25) is 0 Å². The molecule has 1 aliphatic heterocycles. The number of nitrogens with zero attached hydrogens (tertiary/aromatic N) is 1. The summed E-state index contributed by atoms with van der Waals surface area (Å²) in [5.74, 6) is -1.37. The van der Waals surface area contributed by atoms with E-state index in [1.54, 1.807) is 18.7 Å². The van der Waals surface area contributed by atoms with Crippen molar-refractivity contribution in [1.29, 1.82) is 0 Å². The molecule has 0 aromatic rings. The van der Waals surface area contributed by atoms with E-state index in [2.05, 4.69) is 5.32 Å². The maximum Gasteiger partial charge on any atom is 0.303 e. The highest BCUT2D eigenvalue weighted by Gasteiger charge is 2.49. The molecule has 0 aromatic heterocycles. The lowest BCUT2D eigenvalue weighted by Crippen LogP contribution is -2.72. The summed E-state index contributed by atoms with van der Waals surface area (Å²) in [5, 5.41) is 11.7. The summed E-state index contributed by atoms with van der Waals surface area (Å²) in [5.41, 5.74) is -0.909. The number of amides is 2. The molecular formula is C14H22N2O4. The van der Waals surface area contributed by atoms with Gasteiger partial charge in [-0.1, -0.05) is 12.8 Å². The minimum absolute atomic E-state index is 0.00209. The summed E-state index contributed by atoms with van der Waals surface area (Å²) in [4.78, 5) is 36.9. The second kappa shape index (κ2) is 5.42. The minimum Gasteiger partial charge on any atom is -0.481 e. The summed E-state index contributed by atoms with van der Waals surface area (Å²) >= 11 is 0. The van der Waals surface area contributed by atoms with Gasteiger partial charge in [-0.25, -0.2) is 0 Å². The molecule has 1 saturated carbocycles. The molecule has 20 heavy (non-hydrogen) atoms. The lowest BCUT2D eigenvalue weighted by molar-refractivity contribution is -0.158. The molecule has 1 aliphatic carbocycles. The Bertz CT molecular complexity index is 433. The molecule has 2 aliphatic rings. The Labute approximate surface area is 118 Å². The van der Waals surface area contributed by atoms with Crippen LogP contribution in [0.25, 0.3) is 0 Å². The number of aliphatic carboxylic acids is 1. The number of hydrogen-bond acceptors (Lipinski definition) is 3. The average molecular weight is 282 g/mol. The van der Waals surface area contributed by atoms with Crippen LogP contribution in [0.1, 0.15) is 52.4 Å². The van der Waals surface area contributed by atoms with E-state index in [1.165, 1.54) is 0 Å². The molecule has 6 nitrogen and oxygen atoms in total. The average Bonchev–Trinajstić information content (AvgIpc) is 2.37. The van der Waals surface area contributed by atoms with Gasteiger partial charge in [0.15, 0.2) is 0 Å². The molecule has 0 spiro atoms. The van der Waals surface area contributed by atoms with Gasteiger partial charge in [0.1, 0.15) is 5.54 Å². The van der Waals surface area contributed by atoms with Gasteiger partial charge in [-0.3, -0.25) is 14.4 Å². The Kier molecular flexibility index (Phi) is 4.01. The van der Waals surface area contributed by atoms with E-state index in [9.17, 15) is 14.4 Å². The third kappa shape index (κ3) is 2.64. The van der Waals surface area contributed by atoms with Crippen molar-refractivity contribution in [3.63, 3.8) is 0 Å². The van der Waals surface area contributed by atoms with Gasteiger partial charge in [-0.2, -0.15) is 0 Å². The number of carbonyl (C=O) groups is 3. The first-order chi connectivity index (χ1) is 9.34. The third-order valence-corrected chi connectivity index (χ3v) is 4.36. The number of fused-ring (bicyclic) bond motifs is 1. The van der Waals surface area contributed by atoms with Gasteiger partial charge in [0.25, 0.3) is 0 Å². The molecule has 2 fully saturated rings. The van der Waals surface area contributed by atoms with E-state index in [0.717, 1.165) is 25.7 Å². The van der Waals surface area contributed by atoms with Gasteiger partial charge in [0.2, 0.25) is 11.8 Å². The summed E-state index contributed by atoms with van der Waals surface area (Å²) in [6, 6.07) is 0.01000. The first kappa shape index (κ1) is 14.8. The van der Waals surface area contributed by atoms with Crippen molar-refractivity contribution in [2.75, 3.05) is 0 Å². The summed E-state index contributed by atoms with van der Waals surface area (Å²) in [7, 11) is 0. The van der Waals surface area contributed by atoms with Gasteiger partial charge in [0, 0.05) is 12.5 Å². The largest absolute Gasteiger partial charge is 0.481 e. The second-order valence-corrected chi connectivity index (χ2v) is 6.15. The standard InChI is InChI=1S/C14H22N2O4/c1-14(2)13(20)15-9-5-3-4-6-10(9)16(14)11(17)7-8-12(18)19/h9-10H,3-8H2,1-2H3,(H,15,20)(H,18,19)/t9-,10-/m1/s1. The molecule has 0 radical (unpaired) electrons. The number of carboxylic acid groups (broad SMARTS) is 1. The van der Waals surface area contributed by atoms with E-state index in [-0.39, 0.29) is 36.7 Å². The quantitative estimate of drug-likeness (QED) is 0.805. The number of hydrogen-bond donors (Lipinski definition) is 2. The molecule has 1 heterocycles. The highest BCUT2D eigenvalue weighted by atomic mass is 16.4. The number of carbonyl (C=O) groups excluding carboxylic acids is 2. The van der Waals surface area contributed by atoms with Gasteiger partial charge in [-0.05, 0) is 26.7 Å². The highest BCUT2D eigenvalue weighted by Crippen LogP contribution is 2.33. The van der Waals surface area contributed by atoms with Gasteiger partial charge >= 0.3 is 5.97 Å². The zero-order valence-corrected chi connectivity index (χ0v) is 12.0. The number of carboxylic acids is 1. The molecule has 0 unspecified atom stereocenters. The number of rotatable bonds is 3. The molecular weight excluding hydrogens is 260 g/mol. The Balaban J connectivity index is 2.21. The fourth-order valence-electron chi connectivity index (χ4n) is 3.29. The lowest BCUT2D eigenvalue weighted by atomic mass is 9.82. The van der Waals surface area contributed by atoms with Crippen LogP contribution in [0.4, 0.5) is 0 Å². The van der Waals surface area contributed by atoms with Gasteiger partial charge < -0.3 is 15.3 Å². The Morgan fingerprint density at radius 3 is 2.60 bits per heavy atom. The highest BCUT2D eigenvalue weighted by molar-refractivity contribution is 5.93. The summed E-state index contributed by atoms with van der Waals surface area (Å²) in [6.07, 6.45) is 3.61. The van der Waals surface area contributed by atoms with Crippen LogP contribution in [0, 0.1) is 0 Å². The smallest absolute Gasteiger partial charge is 0.303 e. The number of nitrogens with one attached hydrogen (secondary N) is 1. The van der Waals surface area contributed by atoms with Crippen LogP contribution in [-0.4, -0.2) is 45.4 Å². The lowest BCUT2D eigenvalue weighted by Gasteiger charge is -2.52. The molecule has 0 bridgehead atoms. The fourth-order valence-corrected chi connectivity index (χ4v) is 3.29. The van der Waals surface area contributed by atoms with Crippen molar-refractivity contribution < 1.29 is 19.5 Å². The van der Waals surface area contributed by atoms with E-state index < -0.39 is 11.5 Å². The predicted molar refractivity (Wildman–Crippen MR) is 72.0 cm³/mol. The third-order valence-electron chi connectivity index (χ3n) is 4.36. The molecule has 2 atom stereocenters. The Hall–Kier alpha value is -1.59. The molecule has 2 N–H and O–H groups in total. The van der Waals surface area contributed by atoms with Gasteiger partial charge in [0.05, 0.1) is 12.5 Å². The normalized spacial score (nSPS) is 28.5. The first-order valence-corrected chi connectivity index (χ1v) is 7.19. The zero-order chi connectivity index (χ0) is 14.9. The number of piperazine rings is 1. The van der Waals surface area contributed by atoms with E-state index >= 15 is 0 Å². The van der Waals surface area contributed by atoms with E-state index in [0.29, 0.717) is 0 Å². The maximum absolute atomic E-state index is 12.4. The topological polar surface area (TPSA) is 86.7 Å². The molecule has 0 aromatic carbocycles. The molecule has 1 saturated heterocycles. The minimum atomic E-state index is -0.988. The second-order valence-electron chi connectivity index (χ2n) is 6.15. The van der Waals surface area contributed by atoms with Crippen LogP contribution >= 0.6 is 0 Å². The first-order valence-electron chi connectivity index (χ1n) is 7.19. The van der Waals surface area contributed by atoms with Crippen LogP contribution in [0.5, 0.6) is 0 Å². The molecule has 2 rings (SSSR count). The van der Waals surface area contributed by atoms with E-state index in [4.69, 9.17) is 5.11 Å². The van der Waals surface area contributed by atoms with Crippen LogP contribution < -0.4 is 5.32 Å². The van der Waals surface area contributed by atoms with Crippen molar-refractivity contribution in [3.05, 3.63) is 0 Å². The molecule has 6 heteroatoms. The van der Waals surface area contributed by atoms with Crippen molar-refractivity contribution in [3.8, 4) is 0 Å². The maximum atomic E-state index is 12.4. The Morgan fingerprint density at radius 1 is 1.30 bits per heavy atom.